The molecule has 9 nitrogen and oxygen atoms in total. The topological polar surface area (TPSA) is 116 Å². The minimum atomic E-state index is -3.27. The van der Waals surface area contributed by atoms with Gasteiger partial charge in [-0.2, -0.15) is 4.98 Å². The smallest absolute Gasteiger partial charge is 0.346 e. The van der Waals surface area contributed by atoms with Crippen molar-refractivity contribution in [2.24, 2.45) is 0 Å². The standard InChI is InChI=1S/C37H50ClN3O6Si2/c1-36(2,3)49(43,37(4,5)6)46-23-29-32(42)30(22-45-29)47-35-39-28-21-27(38)31(40-34(28)41-35)33(44-19-20-48(7,8)9)26-17-15-25(16-18-26)24-13-11-10-12-14-24/h10-18,21,29-30,33,43H,19-20,22-23H2,1-9H3,(H,39,40,41)/t29-,30-,33?/m1/s1. The van der Waals surface area contributed by atoms with E-state index in [1.165, 1.54) is 0 Å². The van der Waals surface area contributed by atoms with E-state index in [1.807, 2.05) is 59.7 Å². The second-order valence-electron chi connectivity index (χ2n) is 16.1. The van der Waals surface area contributed by atoms with Crippen molar-refractivity contribution in [3.05, 3.63) is 76.9 Å². The fraction of sp³-hybridized carbons (Fsp3) is 0.486. The second-order valence-corrected chi connectivity index (χ2v) is 26.7. The predicted octanol–water partition coefficient (Wildman–Crippen LogP) is 8.49. The highest BCUT2D eigenvalue weighted by molar-refractivity contribution is 6.76. The van der Waals surface area contributed by atoms with E-state index in [2.05, 4.69) is 66.0 Å². The van der Waals surface area contributed by atoms with Gasteiger partial charge in [-0.3, -0.25) is 4.79 Å². The van der Waals surface area contributed by atoms with Crippen LogP contribution in [-0.2, 0) is 18.7 Å². The summed E-state index contributed by atoms with van der Waals surface area (Å²) in [5.41, 5.74) is 4.70. The van der Waals surface area contributed by atoms with Crippen LogP contribution in [0.5, 0.6) is 6.01 Å². The number of Topliss-reactive ketones (excluding diaryl/α,β-unsaturated/α-hetero) is 1. The van der Waals surface area contributed by atoms with E-state index in [-0.39, 0.29) is 25.0 Å². The maximum absolute atomic E-state index is 13.3. The van der Waals surface area contributed by atoms with Crippen LogP contribution in [-0.4, -0.2) is 74.2 Å². The lowest BCUT2D eigenvalue weighted by Gasteiger charge is -2.45. The van der Waals surface area contributed by atoms with Crippen molar-refractivity contribution >= 4 is 45.2 Å². The Balaban J connectivity index is 1.34. The van der Waals surface area contributed by atoms with Crippen molar-refractivity contribution in [2.75, 3.05) is 19.8 Å². The van der Waals surface area contributed by atoms with Gasteiger partial charge >= 0.3 is 8.56 Å². The van der Waals surface area contributed by atoms with Gasteiger partial charge in [-0.05, 0) is 28.8 Å². The molecule has 2 N–H and O–H groups in total. The number of aromatic amines is 1. The molecule has 1 aliphatic rings. The Morgan fingerprint density at radius 1 is 0.980 bits per heavy atom. The molecular weight excluding hydrogens is 674 g/mol. The zero-order chi connectivity index (χ0) is 35.8. The molecule has 264 valence electrons. The molecule has 1 unspecified atom stereocenters. The highest BCUT2D eigenvalue weighted by Crippen LogP contribution is 2.49. The molecule has 1 fully saturated rings. The molecule has 5 rings (SSSR count). The molecule has 0 saturated carbocycles. The highest BCUT2D eigenvalue weighted by Gasteiger charge is 2.56. The molecule has 49 heavy (non-hydrogen) atoms. The number of ether oxygens (including phenoxy) is 3. The fourth-order valence-electron chi connectivity index (χ4n) is 6.13. The fourth-order valence-corrected chi connectivity index (χ4v) is 10.6. The number of pyridine rings is 1. The van der Waals surface area contributed by atoms with Crippen molar-refractivity contribution in [3.63, 3.8) is 0 Å². The summed E-state index contributed by atoms with van der Waals surface area (Å²) in [5, 5.41) is -0.498. The number of aromatic nitrogens is 3. The van der Waals surface area contributed by atoms with Gasteiger partial charge in [-0.1, -0.05) is 127 Å². The molecule has 2 aromatic heterocycles. The van der Waals surface area contributed by atoms with Crippen LogP contribution in [0.2, 0.25) is 40.8 Å². The molecule has 1 saturated heterocycles. The maximum atomic E-state index is 13.3. The largest absolute Gasteiger partial charge is 0.451 e. The zero-order valence-corrected chi connectivity index (χ0v) is 32.9. The molecule has 1 aliphatic heterocycles. The van der Waals surface area contributed by atoms with Crippen LogP contribution in [0.1, 0.15) is 58.9 Å². The molecule has 12 heteroatoms. The van der Waals surface area contributed by atoms with Crippen molar-refractivity contribution in [3.8, 4) is 17.1 Å². The van der Waals surface area contributed by atoms with Crippen molar-refractivity contribution in [2.45, 2.75) is 95.6 Å². The van der Waals surface area contributed by atoms with Crippen molar-refractivity contribution < 1.29 is 28.2 Å². The number of nitrogens with zero attached hydrogens (tertiary/aromatic N) is 2. The third kappa shape index (κ3) is 8.53. The van der Waals surface area contributed by atoms with E-state index < -0.39 is 45.0 Å². The van der Waals surface area contributed by atoms with Crippen molar-refractivity contribution in [1.29, 1.82) is 0 Å². The van der Waals surface area contributed by atoms with Crippen LogP contribution < -0.4 is 4.74 Å². The Morgan fingerprint density at radius 3 is 2.22 bits per heavy atom. The minimum Gasteiger partial charge on any atom is -0.451 e. The van der Waals surface area contributed by atoms with Gasteiger partial charge in [-0.15, -0.1) is 0 Å². The average molecular weight is 724 g/mol. The van der Waals surface area contributed by atoms with Gasteiger partial charge in [-0.25, -0.2) is 4.98 Å². The minimum absolute atomic E-state index is 0.0397. The number of nitrogens with one attached hydrogen (secondary N) is 1. The third-order valence-corrected chi connectivity index (χ3v) is 15.6. The van der Waals surface area contributed by atoms with Gasteiger partial charge in [0.15, 0.2) is 11.8 Å². The lowest BCUT2D eigenvalue weighted by Crippen LogP contribution is -2.56. The monoisotopic (exact) mass is 723 g/mol. The first-order chi connectivity index (χ1) is 22.9. The number of H-pyrrole nitrogens is 1. The summed E-state index contributed by atoms with van der Waals surface area (Å²) in [6, 6.07) is 21.4. The summed E-state index contributed by atoms with van der Waals surface area (Å²) >= 11 is 6.87. The van der Waals surface area contributed by atoms with E-state index in [4.69, 9.17) is 35.2 Å². The van der Waals surface area contributed by atoms with Gasteiger partial charge in [0, 0.05) is 24.8 Å². The highest BCUT2D eigenvalue weighted by atomic mass is 35.5. The summed E-state index contributed by atoms with van der Waals surface area (Å²) in [4.78, 5) is 37.4. The quantitative estimate of drug-likeness (QED) is 0.140. The number of rotatable bonds is 12. The van der Waals surface area contributed by atoms with E-state index in [0.717, 1.165) is 22.7 Å². The molecule has 0 aliphatic carbocycles. The number of imidazole rings is 1. The summed E-state index contributed by atoms with van der Waals surface area (Å²) in [5.74, 6) is -0.263. The number of ketones is 1. The van der Waals surface area contributed by atoms with Crippen molar-refractivity contribution in [1.82, 2.24) is 15.0 Å². The average Bonchev–Trinajstić information content (AvgIpc) is 3.58. The normalized spacial score (nSPS) is 18.3. The van der Waals surface area contributed by atoms with Crippen LogP contribution in [0, 0.1) is 0 Å². The Labute approximate surface area is 297 Å². The lowest BCUT2D eigenvalue weighted by molar-refractivity contribution is -0.127. The zero-order valence-electron chi connectivity index (χ0n) is 30.1. The van der Waals surface area contributed by atoms with E-state index >= 15 is 0 Å². The molecule has 4 aromatic rings. The van der Waals surface area contributed by atoms with Crippen LogP contribution in [0.25, 0.3) is 22.3 Å². The molecule has 3 atom stereocenters. The predicted molar refractivity (Wildman–Crippen MR) is 199 cm³/mol. The Kier molecular flexibility index (Phi) is 11.0. The molecule has 0 amide bonds. The summed E-state index contributed by atoms with van der Waals surface area (Å²) in [7, 11) is -4.63. The number of benzene rings is 2. The molecule has 2 aromatic carbocycles. The molecular formula is C37H50ClN3O6Si2. The third-order valence-electron chi connectivity index (χ3n) is 8.95. The SMILES string of the molecule is CC(C)(C)[Si](O)(OC[C@H]1OC[C@@H](Oc2nc3nc(C(OCC[Si](C)(C)C)c4ccc(-c5ccccc5)cc4)c(Cl)cc3[nH]2)C1=O)C(C)(C)C. The summed E-state index contributed by atoms with van der Waals surface area (Å²) in [6.07, 6.45) is -2.24. The van der Waals surface area contributed by atoms with Gasteiger partial charge in [0.05, 0.1) is 29.4 Å². The van der Waals surface area contributed by atoms with Gasteiger partial charge in [0.25, 0.3) is 6.01 Å². The number of carbonyl (C=O) groups is 1. The number of carbonyl (C=O) groups excluding carboxylic acids is 1. The maximum Gasteiger partial charge on any atom is 0.346 e. The van der Waals surface area contributed by atoms with Crippen LogP contribution >= 0.6 is 11.6 Å². The first-order valence-corrected chi connectivity index (χ1v) is 22.8. The number of halogens is 1. The van der Waals surface area contributed by atoms with Gasteiger partial charge in [0.2, 0.25) is 5.78 Å². The van der Waals surface area contributed by atoms with E-state index in [1.54, 1.807) is 6.07 Å². The lowest BCUT2D eigenvalue weighted by atomic mass is 10.00. The molecule has 0 bridgehead atoms. The number of hydrogen-bond acceptors (Lipinski definition) is 8. The summed E-state index contributed by atoms with van der Waals surface area (Å²) < 4.78 is 24.5. The van der Waals surface area contributed by atoms with Gasteiger partial charge in [0.1, 0.15) is 12.2 Å². The first kappa shape index (κ1) is 37.4. The molecule has 0 radical (unpaired) electrons. The Morgan fingerprint density at radius 2 is 1.61 bits per heavy atom. The first-order valence-electron chi connectivity index (χ1n) is 16.9. The molecule has 0 spiro atoms. The Bertz CT molecular complexity index is 1730. The van der Waals surface area contributed by atoms with Gasteiger partial charge < -0.3 is 28.4 Å². The van der Waals surface area contributed by atoms with Crippen LogP contribution in [0.3, 0.4) is 0 Å². The van der Waals surface area contributed by atoms with Crippen LogP contribution in [0.15, 0.2) is 60.7 Å². The number of fused-ring (bicyclic) bond motifs is 1. The number of hydrogen-bond donors (Lipinski definition) is 2. The van der Waals surface area contributed by atoms with Crippen LogP contribution in [0.4, 0.5) is 0 Å². The van der Waals surface area contributed by atoms with E-state index in [0.29, 0.717) is 28.5 Å². The molecule has 3 heterocycles. The van der Waals surface area contributed by atoms with E-state index in [9.17, 15) is 9.59 Å². The second kappa shape index (κ2) is 14.4. The summed E-state index contributed by atoms with van der Waals surface area (Å²) in [6.45, 7) is 19.3. The Hall–Kier alpha value is -2.91.